The molecule has 0 radical (unpaired) electrons. The zero-order valence-electron chi connectivity index (χ0n) is 10.2. The van der Waals surface area contributed by atoms with Crippen LogP contribution in [-0.2, 0) is 0 Å². The molecule has 0 fully saturated rings. The average molecular weight is 219 g/mol. The van der Waals surface area contributed by atoms with Crippen LogP contribution in [0.2, 0.25) is 0 Å². The lowest BCUT2D eigenvalue weighted by molar-refractivity contribution is 0.309. The molecule has 1 aromatic carbocycles. The normalized spacial score (nSPS) is 12.1. The van der Waals surface area contributed by atoms with Gasteiger partial charge in [0.15, 0.2) is 0 Å². The van der Waals surface area contributed by atoms with Crippen LogP contribution in [-0.4, -0.2) is 13.7 Å². The maximum atomic E-state index is 5.60. The Labute approximate surface area is 98.3 Å². The molecule has 0 spiro atoms. The molecule has 0 amide bonds. The first-order valence-corrected chi connectivity index (χ1v) is 5.84. The number of hydrogen-bond acceptors (Lipinski definition) is 2. The third kappa shape index (κ3) is 3.70. The topological polar surface area (TPSA) is 21.3 Å². The van der Waals surface area contributed by atoms with Crippen LogP contribution in [0.5, 0.6) is 5.75 Å². The molecule has 0 aliphatic carbocycles. The Hall–Kier alpha value is -1.28. The van der Waals surface area contributed by atoms with Crippen LogP contribution in [0.3, 0.4) is 0 Å². The van der Waals surface area contributed by atoms with Crippen molar-refractivity contribution in [1.82, 2.24) is 5.32 Å². The minimum atomic E-state index is 0.213. The average Bonchev–Trinajstić information content (AvgIpc) is 2.33. The van der Waals surface area contributed by atoms with Gasteiger partial charge in [-0.2, -0.15) is 0 Å². The fourth-order valence-electron chi connectivity index (χ4n) is 1.53. The van der Waals surface area contributed by atoms with E-state index in [0.29, 0.717) is 0 Å². The van der Waals surface area contributed by atoms with Crippen molar-refractivity contribution in [1.29, 1.82) is 0 Å². The second-order valence-electron chi connectivity index (χ2n) is 3.77. The second kappa shape index (κ2) is 7.07. The Morgan fingerprint density at radius 1 is 1.38 bits per heavy atom. The van der Waals surface area contributed by atoms with Gasteiger partial charge < -0.3 is 10.1 Å². The lowest BCUT2D eigenvalue weighted by Crippen LogP contribution is -2.13. The largest absolute Gasteiger partial charge is 0.494 e. The van der Waals surface area contributed by atoms with E-state index in [9.17, 15) is 0 Å². The minimum Gasteiger partial charge on any atom is -0.494 e. The van der Waals surface area contributed by atoms with Gasteiger partial charge >= 0.3 is 0 Å². The molecule has 2 nitrogen and oxygen atoms in total. The van der Waals surface area contributed by atoms with Gasteiger partial charge in [0.2, 0.25) is 0 Å². The van der Waals surface area contributed by atoms with E-state index in [2.05, 4.69) is 31.0 Å². The Morgan fingerprint density at radius 3 is 2.56 bits per heavy atom. The van der Waals surface area contributed by atoms with Crippen LogP contribution in [0.1, 0.15) is 31.4 Å². The second-order valence-corrected chi connectivity index (χ2v) is 3.77. The van der Waals surface area contributed by atoms with E-state index in [0.717, 1.165) is 25.2 Å². The van der Waals surface area contributed by atoms with E-state index in [4.69, 9.17) is 4.74 Å². The highest BCUT2D eigenvalue weighted by molar-refractivity contribution is 5.30. The number of rotatable bonds is 7. The zero-order chi connectivity index (χ0) is 11.8. The van der Waals surface area contributed by atoms with Gasteiger partial charge in [0.05, 0.1) is 12.6 Å². The van der Waals surface area contributed by atoms with Gasteiger partial charge in [-0.25, -0.2) is 0 Å². The lowest BCUT2D eigenvalue weighted by atomic mass is 10.1. The molecule has 0 aliphatic rings. The molecule has 1 aromatic rings. The van der Waals surface area contributed by atoms with E-state index in [-0.39, 0.29) is 6.04 Å². The summed E-state index contributed by atoms with van der Waals surface area (Å²) in [5.41, 5.74) is 1.21. The summed E-state index contributed by atoms with van der Waals surface area (Å²) in [4.78, 5) is 0. The van der Waals surface area contributed by atoms with E-state index >= 15 is 0 Å². The molecule has 0 saturated heterocycles. The Kier molecular flexibility index (Phi) is 5.65. The van der Waals surface area contributed by atoms with Gasteiger partial charge in [-0.3, -0.25) is 0 Å². The van der Waals surface area contributed by atoms with E-state index in [1.807, 2.05) is 25.3 Å². The van der Waals surface area contributed by atoms with Crippen molar-refractivity contribution in [2.75, 3.05) is 13.7 Å². The molecular formula is C14H21NO. The van der Waals surface area contributed by atoms with E-state index in [1.165, 1.54) is 5.56 Å². The quantitative estimate of drug-likeness (QED) is 0.561. The molecule has 0 heterocycles. The number of benzene rings is 1. The highest BCUT2D eigenvalue weighted by Gasteiger charge is 2.03. The predicted molar refractivity (Wildman–Crippen MR) is 68.8 cm³/mol. The fourth-order valence-corrected chi connectivity index (χ4v) is 1.53. The highest BCUT2D eigenvalue weighted by Crippen LogP contribution is 2.18. The third-order valence-corrected chi connectivity index (χ3v) is 2.55. The van der Waals surface area contributed by atoms with Crippen molar-refractivity contribution in [3.05, 3.63) is 42.5 Å². The smallest absolute Gasteiger partial charge is 0.119 e. The molecule has 0 aromatic heterocycles. The summed E-state index contributed by atoms with van der Waals surface area (Å²) in [5, 5.41) is 3.18. The Bertz CT molecular complexity index is 305. The summed E-state index contributed by atoms with van der Waals surface area (Å²) < 4.78 is 5.60. The van der Waals surface area contributed by atoms with Gasteiger partial charge in [0, 0.05) is 0 Å². The Morgan fingerprint density at radius 2 is 2.06 bits per heavy atom. The maximum Gasteiger partial charge on any atom is 0.119 e. The first-order chi connectivity index (χ1) is 7.81. The van der Waals surface area contributed by atoms with Crippen LogP contribution >= 0.6 is 0 Å². The van der Waals surface area contributed by atoms with Crippen molar-refractivity contribution in [3.8, 4) is 5.75 Å². The van der Waals surface area contributed by atoms with Crippen LogP contribution in [0.25, 0.3) is 0 Å². The number of likely N-dealkylation sites (N-methyl/N-ethyl adjacent to an activating group) is 1. The van der Waals surface area contributed by atoms with Gasteiger partial charge in [0.1, 0.15) is 5.75 Å². The summed E-state index contributed by atoms with van der Waals surface area (Å²) in [6, 6.07) is 8.39. The van der Waals surface area contributed by atoms with Gasteiger partial charge in [0.25, 0.3) is 0 Å². The van der Waals surface area contributed by atoms with Crippen molar-refractivity contribution in [3.63, 3.8) is 0 Å². The zero-order valence-corrected chi connectivity index (χ0v) is 10.2. The Balaban J connectivity index is 2.56. The van der Waals surface area contributed by atoms with Crippen molar-refractivity contribution in [2.45, 2.75) is 25.8 Å². The third-order valence-electron chi connectivity index (χ3n) is 2.55. The molecule has 1 unspecified atom stereocenters. The minimum absolute atomic E-state index is 0.213. The summed E-state index contributed by atoms with van der Waals surface area (Å²) in [7, 11) is 1.93. The summed E-state index contributed by atoms with van der Waals surface area (Å²) in [6.07, 6.45) is 4.16. The van der Waals surface area contributed by atoms with Gasteiger partial charge in [-0.15, -0.1) is 6.58 Å². The summed E-state index contributed by atoms with van der Waals surface area (Å²) in [5.74, 6) is 0.941. The van der Waals surface area contributed by atoms with Gasteiger partial charge in [-0.05, 0) is 31.2 Å². The number of hydrogen-bond donors (Lipinski definition) is 1. The van der Waals surface area contributed by atoms with Crippen LogP contribution in [0.15, 0.2) is 36.9 Å². The van der Waals surface area contributed by atoms with Crippen LogP contribution in [0, 0.1) is 0 Å². The predicted octanol–water partition coefficient (Wildman–Crippen LogP) is 3.31. The first-order valence-electron chi connectivity index (χ1n) is 5.84. The number of ether oxygens (including phenoxy) is 1. The lowest BCUT2D eigenvalue weighted by Gasteiger charge is -2.12. The number of unbranched alkanes of at least 4 members (excludes halogenated alkanes) is 1. The first kappa shape index (κ1) is 12.8. The van der Waals surface area contributed by atoms with Crippen LogP contribution < -0.4 is 10.1 Å². The highest BCUT2D eigenvalue weighted by atomic mass is 16.5. The molecule has 1 atom stereocenters. The van der Waals surface area contributed by atoms with Crippen molar-refractivity contribution in [2.24, 2.45) is 0 Å². The molecular weight excluding hydrogens is 198 g/mol. The molecule has 1 N–H and O–H groups in total. The summed E-state index contributed by atoms with van der Waals surface area (Å²) >= 11 is 0. The summed E-state index contributed by atoms with van der Waals surface area (Å²) in [6.45, 7) is 6.76. The van der Waals surface area contributed by atoms with Crippen molar-refractivity contribution >= 4 is 0 Å². The van der Waals surface area contributed by atoms with E-state index < -0.39 is 0 Å². The molecule has 16 heavy (non-hydrogen) atoms. The van der Waals surface area contributed by atoms with Crippen LogP contribution in [0.4, 0.5) is 0 Å². The standard InChI is InChI=1S/C14H21NO/c1-4-6-11-16-13-9-7-12(8-10-13)14(5-2)15-3/h5,7-10,14-15H,2,4,6,11H2,1,3H3. The number of nitrogens with one attached hydrogen (secondary N) is 1. The molecule has 2 heteroatoms. The molecule has 0 saturated carbocycles. The molecule has 0 bridgehead atoms. The van der Waals surface area contributed by atoms with Crippen molar-refractivity contribution < 1.29 is 4.74 Å². The maximum absolute atomic E-state index is 5.60. The molecule has 0 aliphatic heterocycles. The van der Waals surface area contributed by atoms with E-state index in [1.54, 1.807) is 0 Å². The molecule has 88 valence electrons. The fraction of sp³-hybridized carbons (Fsp3) is 0.429. The van der Waals surface area contributed by atoms with Gasteiger partial charge in [-0.1, -0.05) is 31.6 Å². The molecule has 1 rings (SSSR count). The monoisotopic (exact) mass is 219 g/mol. The SMILES string of the molecule is C=CC(NC)c1ccc(OCCCC)cc1.